The minimum Gasteiger partial charge on any atom is -0.491 e. The molecule has 2 aromatic carbocycles. The van der Waals surface area contributed by atoms with Gasteiger partial charge in [-0.15, -0.1) is 0 Å². The van der Waals surface area contributed by atoms with E-state index in [1.807, 2.05) is 42.5 Å². The largest absolute Gasteiger partial charge is 0.491 e. The maximum atomic E-state index is 9.33. The van der Waals surface area contributed by atoms with Crippen LogP contribution in [0.2, 0.25) is 5.02 Å². The van der Waals surface area contributed by atoms with Crippen molar-refractivity contribution in [3.8, 4) is 11.8 Å². The highest BCUT2D eigenvalue weighted by Gasteiger charge is 2.23. The molecule has 148 valence electrons. The first kappa shape index (κ1) is 20.5. The van der Waals surface area contributed by atoms with Gasteiger partial charge in [-0.2, -0.15) is 5.26 Å². The number of rotatable bonds is 6. The maximum Gasteiger partial charge on any atom is 0.121 e. The average molecular weight is 400 g/mol. The SMILES string of the molecule is CC(O)COc1ccc(N2CCN(C(C)c3ccc(C#N)cc3)CC2)c(Cl)c1. The zero-order valence-corrected chi connectivity index (χ0v) is 17.1. The summed E-state index contributed by atoms with van der Waals surface area (Å²) in [6.45, 7) is 7.83. The second kappa shape index (κ2) is 9.29. The van der Waals surface area contributed by atoms with Crippen molar-refractivity contribution in [3.05, 3.63) is 58.6 Å². The molecule has 1 fully saturated rings. The van der Waals surface area contributed by atoms with Gasteiger partial charge in [0.2, 0.25) is 0 Å². The van der Waals surface area contributed by atoms with Crippen LogP contribution in [0.3, 0.4) is 0 Å². The molecule has 0 aliphatic carbocycles. The number of hydrogen-bond acceptors (Lipinski definition) is 5. The number of nitriles is 1. The summed E-state index contributed by atoms with van der Waals surface area (Å²) in [6, 6.07) is 16.0. The van der Waals surface area contributed by atoms with Crippen LogP contribution < -0.4 is 9.64 Å². The maximum absolute atomic E-state index is 9.33. The molecule has 1 aliphatic heterocycles. The molecule has 28 heavy (non-hydrogen) atoms. The Morgan fingerprint density at radius 1 is 1.11 bits per heavy atom. The summed E-state index contributed by atoms with van der Waals surface area (Å²) in [5.41, 5.74) is 2.93. The van der Waals surface area contributed by atoms with E-state index < -0.39 is 6.10 Å². The zero-order valence-electron chi connectivity index (χ0n) is 16.3. The Bertz CT molecular complexity index is 825. The van der Waals surface area contributed by atoms with Gasteiger partial charge in [0, 0.05) is 38.3 Å². The highest BCUT2D eigenvalue weighted by Crippen LogP contribution is 2.31. The molecule has 0 spiro atoms. The first-order valence-corrected chi connectivity index (χ1v) is 9.95. The lowest BCUT2D eigenvalue weighted by atomic mass is 10.0. The molecule has 2 unspecified atom stereocenters. The van der Waals surface area contributed by atoms with Crippen molar-refractivity contribution in [2.75, 3.05) is 37.7 Å². The number of anilines is 1. The van der Waals surface area contributed by atoms with Crippen LogP contribution in [0.1, 0.15) is 31.0 Å². The summed E-state index contributed by atoms with van der Waals surface area (Å²) in [6.07, 6.45) is -0.510. The second-order valence-electron chi connectivity index (χ2n) is 7.21. The van der Waals surface area contributed by atoms with E-state index in [1.54, 1.807) is 6.92 Å². The lowest BCUT2D eigenvalue weighted by Gasteiger charge is -2.39. The van der Waals surface area contributed by atoms with Crippen molar-refractivity contribution < 1.29 is 9.84 Å². The number of ether oxygens (including phenoxy) is 1. The van der Waals surface area contributed by atoms with E-state index in [1.165, 1.54) is 5.56 Å². The lowest BCUT2D eigenvalue weighted by molar-refractivity contribution is 0.123. The smallest absolute Gasteiger partial charge is 0.121 e. The fraction of sp³-hybridized carbons (Fsp3) is 0.409. The monoisotopic (exact) mass is 399 g/mol. The van der Waals surface area contributed by atoms with E-state index in [-0.39, 0.29) is 6.61 Å². The quantitative estimate of drug-likeness (QED) is 0.799. The van der Waals surface area contributed by atoms with E-state index in [0.29, 0.717) is 22.4 Å². The van der Waals surface area contributed by atoms with Crippen LogP contribution in [0.5, 0.6) is 5.75 Å². The molecule has 1 N–H and O–H groups in total. The van der Waals surface area contributed by atoms with Crippen molar-refractivity contribution in [2.45, 2.75) is 26.0 Å². The predicted octanol–water partition coefficient (Wildman–Crippen LogP) is 3.85. The Kier molecular flexibility index (Phi) is 6.79. The van der Waals surface area contributed by atoms with Crippen molar-refractivity contribution in [1.82, 2.24) is 4.90 Å². The Balaban J connectivity index is 1.59. The van der Waals surface area contributed by atoms with Gasteiger partial charge in [-0.05, 0) is 43.7 Å². The predicted molar refractivity (Wildman–Crippen MR) is 112 cm³/mol. The normalized spacial score (nSPS) is 17.0. The van der Waals surface area contributed by atoms with Gasteiger partial charge in [0.05, 0.1) is 28.4 Å². The van der Waals surface area contributed by atoms with Gasteiger partial charge in [-0.3, -0.25) is 4.90 Å². The topological polar surface area (TPSA) is 59.7 Å². The lowest BCUT2D eigenvalue weighted by Crippen LogP contribution is -2.47. The number of aliphatic hydroxyl groups is 1. The number of piperazine rings is 1. The molecule has 5 nitrogen and oxygen atoms in total. The number of nitrogens with zero attached hydrogens (tertiary/aromatic N) is 3. The van der Waals surface area contributed by atoms with E-state index in [4.69, 9.17) is 21.6 Å². The van der Waals surface area contributed by atoms with E-state index in [9.17, 15) is 5.11 Å². The summed E-state index contributed by atoms with van der Waals surface area (Å²) in [5.74, 6) is 0.669. The average Bonchev–Trinajstić information content (AvgIpc) is 2.72. The fourth-order valence-corrected chi connectivity index (χ4v) is 3.74. The molecule has 0 amide bonds. The van der Waals surface area contributed by atoms with Gasteiger partial charge in [0.1, 0.15) is 12.4 Å². The molecule has 0 bridgehead atoms. The van der Waals surface area contributed by atoms with Crippen molar-refractivity contribution in [2.24, 2.45) is 0 Å². The molecular formula is C22H26ClN3O2. The van der Waals surface area contributed by atoms with Gasteiger partial charge >= 0.3 is 0 Å². The number of halogens is 1. The number of hydrogen-bond donors (Lipinski definition) is 1. The number of benzene rings is 2. The first-order chi connectivity index (χ1) is 13.5. The summed E-state index contributed by atoms with van der Waals surface area (Å²) in [7, 11) is 0. The van der Waals surface area contributed by atoms with Crippen LogP contribution >= 0.6 is 11.6 Å². The molecule has 1 saturated heterocycles. The van der Waals surface area contributed by atoms with Crippen LogP contribution in [0, 0.1) is 11.3 Å². The van der Waals surface area contributed by atoms with Gasteiger partial charge < -0.3 is 14.7 Å². The Labute approximate surface area is 171 Å². The molecule has 0 saturated carbocycles. The zero-order chi connectivity index (χ0) is 20.1. The Morgan fingerprint density at radius 2 is 1.79 bits per heavy atom. The summed E-state index contributed by atoms with van der Waals surface area (Å²) < 4.78 is 5.52. The second-order valence-corrected chi connectivity index (χ2v) is 7.61. The molecule has 6 heteroatoms. The van der Waals surface area contributed by atoms with E-state index >= 15 is 0 Å². The molecule has 0 radical (unpaired) electrons. The first-order valence-electron chi connectivity index (χ1n) is 9.57. The van der Waals surface area contributed by atoms with Crippen LogP contribution in [0.4, 0.5) is 5.69 Å². The van der Waals surface area contributed by atoms with Crippen LogP contribution in [0.25, 0.3) is 0 Å². The molecule has 1 aliphatic rings. The highest BCUT2D eigenvalue weighted by molar-refractivity contribution is 6.33. The van der Waals surface area contributed by atoms with Crippen LogP contribution in [-0.4, -0.2) is 48.9 Å². The summed E-state index contributed by atoms with van der Waals surface area (Å²) in [5, 5.41) is 18.9. The Hall–Kier alpha value is -2.26. The standard InChI is InChI=1S/C22H26ClN3O2/c1-16(27)15-28-20-7-8-22(21(23)13-20)26-11-9-25(10-12-26)17(2)19-5-3-18(14-24)4-6-19/h3-8,13,16-17,27H,9-12,15H2,1-2H3. The molecule has 3 rings (SSSR count). The van der Waals surface area contributed by atoms with Crippen LogP contribution in [-0.2, 0) is 0 Å². The van der Waals surface area contributed by atoms with Gasteiger partial charge in [0.15, 0.2) is 0 Å². The van der Waals surface area contributed by atoms with E-state index in [2.05, 4.69) is 22.8 Å². The molecule has 2 aromatic rings. The summed E-state index contributed by atoms with van der Waals surface area (Å²) >= 11 is 6.48. The van der Waals surface area contributed by atoms with Crippen LogP contribution in [0.15, 0.2) is 42.5 Å². The minimum atomic E-state index is -0.510. The third-order valence-corrected chi connectivity index (χ3v) is 5.44. The fourth-order valence-electron chi connectivity index (χ4n) is 3.45. The van der Waals surface area contributed by atoms with Gasteiger partial charge in [-0.1, -0.05) is 23.7 Å². The number of aliphatic hydroxyl groups excluding tert-OH is 1. The molecule has 0 aromatic heterocycles. The molecule has 1 heterocycles. The Morgan fingerprint density at radius 3 is 2.36 bits per heavy atom. The third-order valence-electron chi connectivity index (χ3n) is 5.14. The molecule has 2 atom stereocenters. The third kappa shape index (κ3) is 4.96. The molecular weight excluding hydrogens is 374 g/mol. The van der Waals surface area contributed by atoms with Gasteiger partial charge in [-0.25, -0.2) is 0 Å². The highest BCUT2D eigenvalue weighted by atomic mass is 35.5. The van der Waals surface area contributed by atoms with E-state index in [0.717, 1.165) is 31.9 Å². The van der Waals surface area contributed by atoms with Crippen molar-refractivity contribution in [1.29, 1.82) is 5.26 Å². The summed E-state index contributed by atoms with van der Waals surface area (Å²) in [4.78, 5) is 4.74. The van der Waals surface area contributed by atoms with Gasteiger partial charge in [0.25, 0.3) is 0 Å². The van der Waals surface area contributed by atoms with Crippen molar-refractivity contribution >= 4 is 17.3 Å². The van der Waals surface area contributed by atoms with Crippen molar-refractivity contribution in [3.63, 3.8) is 0 Å². The minimum absolute atomic E-state index is 0.252.